The topological polar surface area (TPSA) is 95.5 Å². The number of aromatic carboxylic acids is 1. The zero-order chi connectivity index (χ0) is 19.3. The van der Waals surface area contributed by atoms with Crippen molar-refractivity contribution in [2.24, 2.45) is 0 Å². The van der Waals surface area contributed by atoms with Crippen molar-refractivity contribution in [3.8, 4) is 0 Å². The van der Waals surface area contributed by atoms with Gasteiger partial charge in [0.1, 0.15) is 4.90 Å². The summed E-state index contributed by atoms with van der Waals surface area (Å²) in [6, 6.07) is 21.9. The highest BCUT2D eigenvalue weighted by molar-refractivity contribution is 7.92. The van der Waals surface area contributed by atoms with Gasteiger partial charge in [0.2, 0.25) is 0 Å². The van der Waals surface area contributed by atoms with E-state index in [2.05, 4.69) is 10.0 Å². The van der Waals surface area contributed by atoms with Crippen molar-refractivity contribution in [1.29, 1.82) is 0 Å². The summed E-state index contributed by atoms with van der Waals surface area (Å²) in [5, 5.41) is 12.3. The first kappa shape index (κ1) is 18.5. The van der Waals surface area contributed by atoms with Crippen LogP contribution in [0.25, 0.3) is 0 Å². The monoisotopic (exact) mass is 382 g/mol. The lowest BCUT2D eigenvalue weighted by Gasteiger charge is -2.15. The maximum absolute atomic E-state index is 12.9. The number of rotatable bonds is 7. The fourth-order valence-electron chi connectivity index (χ4n) is 2.53. The van der Waals surface area contributed by atoms with Crippen LogP contribution in [0.15, 0.2) is 83.8 Å². The molecule has 0 saturated heterocycles. The zero-order valence-corrected chi connectivity index (χ0v) is 15.1. The summed E-state index contributed by atoms with van der Waals surface area (Å²) >= 11 is 0. The van der Waals surface area contributed by atoms with Gasteiger partial charge in [-0.05, 0) is 35.9 Å². The lowest BCUT2D eigenvalue weighted by Crippen LogP contribution is -2.16. The average Bonchev–Trinajstić information content (AvgIpc) is 2.67. The molecule has 0 aliphatic rings. The summed E-state index contributed by atoms with van der Waals surface area (Å²) in [4.78, 5) is 11.2. The predicted octanol–water partition coefficient (Wildman–Crippen LogP) is 3.80. The summed E-state index contributed by atoms with van der Waals surface area (Å²) in [6.45, 7) is 0.404. The Hall–Kier alpha value is -3.32. The Balaban J connectivity index is 1.95. The van der Waals surface area contributed by atoms with Crippen LogP contribution in [0.4, 0.5) is 11.4 Å². The number of carboxylic acids is 1. The molecule has 0 aromatic heterocycles. The Kier molecular flexibility index (Phi) is 5.42. The molecular formula is C20H18N2O4S. The summed E-state index contributed by atoms with van der Waals surface area (Å²) < 4.78 is 28.2. The molecule has 3 rings (SSSR count). The minimum absolute atomic E-state index is 0.103. The van der Waals surface area contributed by atoms with E-state index >= 15 is 0 Å². The third kappa shape index (κ3) is 4.65. The van der Waals surface area contributed by atoms with Gasteiger partial charge in [0.25, 0.3) is 10.0 Å². The van der Waals surface area contributed by atoms with Gasteiger partial charge in [-0.15, -0.1) is 0 Å². The van der Waals surface area contributed by atoms with Gasteiger partial charge < -0.3 is 10.4 Å². The molecule has 0 fully saturated rings. The number of hydrogen-bond donors (Lipinski definition) is 3. The molecule has 0 aliphatic heterocycles. The van der Waals surface area contributed by atoms with Gasteiger partial charge in [0.15, 0.2) is 0 Å². The van der Waals surface area contributed by atoms with Crippen LogP contribution in [0.2, 0.25) is 0 Å². The molecule has 3 aromatic rings. The van der Waals surface area contributed by atoms with E-state index in [1.165, 1.54) is 12.1 Å². The highest BCUT2D eigenvalue weighted by Gasteiger charge is 2.21. The molecule has 0 heterocycles. The van der Waals surface area contributed by atoms with Crippen molar-refractivity contribution in [3.05, 3.63) is 90.0 Å². The summed E-state index contributed by atoms with van der Waals surface area (Å²) in [5.41, 5.74) is 1.59. The summed E-state index contributed by atoms with van der Waals surface area (Å²) in [5.74, 6) is -1.19. The Morgan fingerprint density at radius 3 is 2.15 bits per heavy atom. The van der Waals surface area contributed by atoms with Crippen LogP contribution in [0.1, 0.15) is 15.9 Å². The molecule has 27 heavy (non-hydrogen) atoms. The first-order chi connectivity index (χ1) is 13.0. The Bertz CT molecular complexity index is 1040. The molecular weight excluding hydrogens is 364 g/mol. The van der Waals surface area contributed by atoms with Gasteiger partial charge in [-0.25, -0.2) is 13.2 Å². The average molecular weight is 382 g/mol. The van der Waals surface area contributed by atoms with Crippen LogP contribution in [-0.2, 0) is 16.6 Å². The molecule has 6 nitrogen and oxygen atoms in total. The minimum atomic E-state index is -3.98. The lowest BCUT2D eigenvalue weighted by atomic mass is 10.2. The fourth-order valence-corrected chi connectivity index (χ4v) is 3.80. The van der Waals surface area contributed by atoms with Crippen LogP contribution in [0.3, 0.4) is 0 Å². The smallest absolute Gasteiger partial charge is 0.335 e. The van der Waals surface area contributed by atoms with E-state index in [9.17, 15) is 18.3 Å². The van der Waals surface area contributed by atoms with Gasteiger partial charge in [-0.1, -0.05) is 48.5 Å². The van der Waals surface area contributed by atoms with E-state index in [0.29, 0.717) is 17.9 Å². The van der Waals surface area contributed by atoms with E-state index in [0.717, 1.165) is 11.6 Å². The first-order valence-corrected chi connectivity index (χ1v) is 9.67. The number of sulfonamides is 1. The van der Waals surface area contributed by atoms with Crippen molar-refractivity contribution < 1.29 is 18.3 Å². The summed E-state index contributed by atoms with van der Waals surface area (Å²) in [7, 11) is -3.98. The molecule has 3 N–H and O–H groups in total. The zero-order valence-electron chi connectivity index (χ0n) is 14.3. The van der Waals surface area contributed by atoms with E-state index in [-0.39, 0.29) is 10.5 Å². The molecule has 3 aromatic carbocycles. The van der Waals surface area contributed by atoms with Crippen LogP contribution in [-0.4, -0.2) is 19.5 Å². The second-order valence-electron chi connectivity index (χ2n) is 5.83. The first-order valence-electron chi connectivity index (χ1n) is 8.19. The molecule has 0 amide bonds. The Morgan fingerprint density at radius 2 is 1.52 bits per heavy atom. The summed E-state index contributed by atoms with van der Waals surface area (Å²) in [6.07, 6.45) is 0. The Morgan fingerprint density at radius 1 is 0.889 bits per heavy atom. The molecule has 7 heteroatoms. The lowest BCUT2D eigenvalue weighted by molar-refractivity contribution is 0.0696. The quantitative estimate of drug-likeness (QED) is 0.578. The molecule has 0 unspecified atom stereocenters. The van der Waals surface area contributed by atoms with Crippen molar-refractivity contribution in [3.63, 3.8) is 0 Å². The highest BCUT2D eigenvalue weighted by atomic mass is 32.2. The van der Waals surface area contributed by atoms with Gasteiger partial charge in [-0.3, -0.25) is 4.72 Å². The molecule has 0 bridgehead atoms. The standard InChI is InChI=1S/C20H18N2O4S/c23-20(24)16-11-12-18(21-14-15-7-3-1-4-8-15)19(13-16)27(25,26)22-17-9-5-2-6-10-17/h1-13,21-22H,14H2,(H,23,24). The predicted molar refractivity (Wildman–Crippen MR) is 104 cm³/mol. The molecule has 0 radical (unpaired) electrons. The molecule has 138 valence electrons. The van der Waals surface area contributed by atoms with Crippen LogP contribution < -0.4 is 10.0 Å². The maximum atomic E-state index is 12.9. The van der Waals surface area contributed by atoms with Gasteiger partial charge in [-0.2, -0.15) is 0 Å². The van der Waals surface area contributed by atoms with Crippen LogP contribution >= 0.6 is 0 Å². The van der Waals surface area contributed by atoms with E-state index in [4.69, 9.17) is 0 Å². The SMILES string of the molecule is O=C(O)c1ccc(NCc2ccccc2)c(S(=O)(=O)Nc2ccccc2)c1. The number of nitrogens with one attached hydrogen (secondary N) is 2. The van der Waals surface area contributed by atoms with Crippen molar-refractivity contribution in [1.82, 2.24) is 0 Å². The van der Waals surface area contributed by atoms with Crippen molar-refractivity contribution in [2.75, 3.05) is 10.0 Å². The Labute approximate surface area is 157 Å². The van der Waals surface area contributed by atoms with Gasteiger partial charge in [0, 0.05) is 12.2 Å². The number of benzene rings is 3. The second kappa shape index (κ2) is 7.92. The van der Waals surface area contributed by atoms with Crippen molar-refractivity contribution >= 4 is 27.4 Å². The molecule has 0 spiro atoms. The third-order valence-electron chi connectivity index (χ3n) is 3.87. The largest absolute Gasteiger partial charge is 0.478 e. The molecule has 0 aliphatic carbocycles. The van der Waals surface area contributed by atoms with Gasteiger partial charge >= 0.3 is 5.97 Å². The highest BCUT2D eigenvalue weighted by Crippen LogP contribution is 2.26. The van der Waals surface area contributed by atoms with E-state index in [1.807, 2.05) is 30.3 Å². The van der Waals surface area contributed by atoms with E-state index < -0.39 is 16.0 Å². The van der Waals surface area contributed by atoms with Crippen LogP contribution in [0, 0.1) is 0 Å². The number of carbonyl (C=O) groups is 1. The third-order valence-corrected chi connectivity index (χ3v) is 5.29. The van der Waals surface area contributed by atoms with Crippen molar-refractivity contribution in [2.45, 2.75) is 11.4 Å². The minimum Gasteiger partial charge on any atom is -0.478 e. The molecule has 0 saturated carbocycles. The fraction of sp³-hybridized carbons (Fsp3) is 0.0500. The molecule has 0 atom stereocenters. The van der Waals surface area contributed by atoms with E-state index in [1.54, 1.807) is 30.3 Å². The van der Waals surface area contributed by atoms with Gasteiger partial charge in [0.05, 0.1) is 11.3 Å². The second-order valence-corrected chi connectivity index (χ2v) is 7.48. The number of para-hydroxylation sites is 1. The number of anilines is 2. The maximum Gasteiger partial charge on any atom is 0.335 e. The number of carboxylic acid groups (broad SMARTS) is 1. The number of hydrogen-bond acceptors (Lipinski definition) is 4. The normalized spacial score (nSPS) is 11.0. The van der Waals surface area contributed by atoms with Crippen LogP contribution in [0.5, 0.6) is 0 Å².